The highest BCUT2D eigenvalue weighted by Crippen LogP contribution is 2.26. The molecule has 0 saturated carbocycles. The van der Waals surface area contributed by atoms with Gasteiger partial charge in [-0.25, -0.2) is 13.2 Å². The Kier molecular flexibility index (Phi) is 7.05. The average Bonchev–Trinajstić information content (AvgIpc) is 3.19. The van der Waals surface area contributed by atoms with Gasteiger partial charge in [-0.1, -0.05) is 13.3 Å². The molecule has 3 aliphatic rings. The van der Waals surface area contributed by atoms with Crippen molar-refractivity contribution >= 4 is 27.0 Å². The fourth-order valence-corrected chi connectivity index (χ4v) is 7.22. The van der Waals surface area contributed by atoms with E-state index in [2.05, 4.69) is 11.8 Å². The van der Waals surface area contributed by atoms with Gasteiger partial charge in [-0.15, -0.1) is 0 Å². The molecule has 5 rings (SSSR count). The Labute approximate surface area is 206 Å². The smallest absolute Gasteiger partial charge is 0.408 e. The number of rotatable bonds is 5. The average molecular weight is 505 g/mol. The van der Waals surface area contributed by atoms with Crippen LogP contribution in [0.2, 0.25) is 0 Å². The van der Waals surface area contributed by atoms with Gasteiger partial charge in [0.2, 0.25) is 15.9 Å². The molecule has 3 aliphatic heterocycles. The van der Waals surface area contributed by atoms with Gasteiger partial charge in [-0.2, -0.15) is 4.31 Å². The first-order valence-corrected chi connectivity index (χ1v) is 14.4. The third-order valence-corrected chi connectivity index (χ3v) is 9.93. The lowest BCUT2D eigenvalue weighted by Crippen LogP contribution is -2.49. The molecule has 2 aromatic rings. The third-order valence-electron chi connectivity index (χ3n) is 8.04. The van der Waals surface area contributed by atoms with E-state index >= 15 is 0 Å². The van der Waals surface area contributed by atoms with Crippen molar-refractivity contribution in [1.29, 1.82) is 0 Å². The second kappa shape index (κ2) is 10.1. The molecule has 192 valence electrons. The summed E-state index contributed by atoms with van der Waals surface area (Å²) in [6.07, 6.45) is 7.43. The Morgan fingerprint density at radius 1 is 0.971 bits per heavy atom. The monoisotopic (exact) mass is 504 g/mol. The molecule has 0 atom stereocenters. The van der Waals surface area contributed by atoms with Crippen molar-refractivity contribution in [1.82, 2.24) is 18.7 Å². The van der Waals surface area contributed by atoms with Crippen molar-refractivity contribution < 1.29 is 17.6 Å². The number of aromatic nitrogens is 1. The Bertz CT molecular complexity index is 1210. The van der Waals surface area contributed by atoms with Crippen molar-refractivity contribution in [3.63, 3.8) is 0 Å². The highest BCUT2D eigenvalue weighted by atomic mass is 32.2. The number of hydrogen-bond donors (Lipinski definition) is 0. The van der Waals surface area contributed by atoms with E-state index in [1.54, 1.807) is 6.07 Å². The zero-order valence-electron chi connectivity index (χ0n) is 20.5. The minimum atomic E-state index is -3.65. The highest BCUT2D eigenvalue weighted by Gasteiger charge is 2.30. The molecule has 1 amide bonds. The van der Waals surface area contributed by atoms with Gasteiger partial charge in [0.1, 0.15) is 6.54 Å². The number of carbonyl (C=O) groups excluding carboxylic acids is 1. The second-order valence-electron chi connectivity index (χ2n) is 10.4. The minimum Gasteiger partial charge on any atom is -0.408 e. The standard InChI is InChI=1S/C25H36N4O5S/c1-19-7-15-28(16-8-19)35(32,33)21-5-6-22-23(17-21)34-25(31)29(22)18-24(30)27-13-9-20(10-14-27)26-11-3-2-4-12-26/h5-6,17,19-20H,2-4,7-16,18H2,1H3. The normalized spacial score (nSPS) is 22.1. The molecule has 0 radical (unpaired) electrons. The van der Waals surface area contributed by atoms with Crippen LogP contribution in [0.3, 0.4) is 0 Å². The van der Waals surface area contributed by atoms with E-state index in [0.29, 0.717) is 43.7 Å². The molecule has 4 heterocycles. The molecule has 0 unspecified atom stereocenters. The number of benzene rings is 1. The Balaban J connectivity index is 1.27. The summed E-state index contributed by atoms with van der Waals surface area (Å²) in [5.41, 5.74) is 0.635. The van der Waals surface area contributed by atoms with Crippen molar-refractivity contribution in [3.05, 3.63) is 28.7 Å². The highest BCUT2D eigenvalue weighted by molar-refractivity contribution is 7.89. The SMILES string of the molecule is CC1CCN(S(=O)(=O)c2ccc3c(c2)oc(=O)n3CC(=O)N2CCC(N3CCCCC3)CC2)CC1. The van der Waals surface area contributed by atoms with Gasteiger partial charge in [0, 0.05) is 38.3 Å². The number of fused-ring (bicyclic) bond motifs is 1. The zero-order valence-corrected chi connectivity index (χ0v) is 21.3. The second-order valence-corrected chi connectivity index (χ2v) is 12.3. The number of likely N-dealkylation sites (tertiary alicyclic amines) is 2. The molecule has 1 aromatic heterocycles. The van der Waals surface area contributed by atoms with Gasteiger partial charge in [0.15, 0.2) is 5.58 Å². The molecule has 35 heavy (non-hydrogen) atoms. The maximum absolute atomic E-state index is 13.1. The number of carbonyl (C=O) groups is 1. The zero-order chi connectivity index (χ0) is 24.6. The lowest BCUT2D eigenvalue weighted by atomic mass is 10.00. The first-order valence-electron chi connectivity index (χ1n) is 13.0. The fourth-order valence-electron chi connectivity index (χ4n) is 5.73. The van der Waals surface area contributed by atoms with Gasteiger partial charge in [-0.05, 0) is 69.7 Å². The van der Waals surface area contributed by atoms with Crippen molar-refractivity contribution in [3.8, 4) is 0 Å². The number of oxazole rings is 1. The molecule has 0 bridgehead atoms. The summed E-state index contributed by atoms with van der Waals surface area (Å²) in [7, 11) is -3.65. The summed E-state index contributed by atoms with van der Waals surface area (Å²) < 4.78 is 34.4. The topological polar surface area (TPSA) is 96.1 Å². The molecule has 1 aromatic carbocycles. The van der Waals surface area contributed by atoms with Gasteiger partial charge >= 0.3 is 5.76 Å². The molecular weight excluding hydrogens is 468 g/mol. The molecule has 9 nitrogen and oxygen atoms in total. The van der Waals surface area contributed by atoms with E-state index in [-0.39, 0.29) is 22.9 Å². The molecule has 3 saturated heterocycles. The summed E-state index contributed by atoms with van der Waals surface area (Å²) in [4.78, 5) is 30.1. The fraction of sp³-hybridized carbons (Fsp3) is 0.680. The van der Waals surface area contributed by atoms with E-state index < -0.39 is 15.8 Å². The Morgan fingerprint density at radius 3 is 2.34 bits per heavy atom. The molecule has 0 aliphatic carbocycles. The van der Waals surface area contributed by atoms with Crippen molar-refractivity contribution in [2.24, 2.45) is 5.92 Å². The summed E-state index contributed by atoms with van der Waals surface area (Å²) in [5.74, 6) is -0.229. The summed E-state index contributed by atoms with van der Waals surface area (Å²) in [6.45, 7) is 6.73. The van der Waals surface area contributed by atoms with E-state index in [4.69, 9.17) is 4.42 Å². The van der Waals surface area contributed by atoms with Crippen LogP contribution in [0, 0.1) is 5.92 Å². The molecule has 0 spiro atoms. The predicted octanol–water partition coefficient (Wildman–Crippen LogP) is 2.49. The van der Waals surface area contributed by atoms with Crippen molar-refractivity contribution in [2.45, 2.75) is 69.4 Å². The maximum Gasteiger partial charge on any atom is 0.420 e. The maximum atomic E-state index is 13.1. The van der Waals surface area contributed by atoms with Gasteiger partial charge in [0.25, 0.3) is 0 Å². The van der Waals surface area contributed by atoms with Crippen LogP contribution >= 0.6 is 0 Å². The summed E-state index contributed by atoms with van der Waals surface area (Å²) in [6, 6.07) is 5.04. The van der Waals surface area contributed by atoms with E-state index in [1.165, 1.54) is 40.3 Å². The predicted molar refractivity (Wildman–Crippen MR) is 133 cm³/mol. The lowest BCUT2D eigenvalue weighted by molar-refractivity contribution is -0.133. The van der Waals surface area contributed by atoms with E-state index in [9.17, 15) is 18.0 Å². The Hall–Kier alpha value is -2.17. The molecule has 3 fully saturated rings. The van der Waals surface area contributed by atoms with Crippen LogP contribution in [0.1, 0.15) is 51.9 Å². The van der Waals surface area contributed by atoms with Gasteiger partial charge in [-0.3, -0.25) is 9.36 Å². The van der Waals surface area contributed by atoms with Gasteiger partial charge < -0.3 is 14.2 Å². The van der Waals surface area contributed by atoms with E-state index in [1.807, 2.05) is 4.90 Å². The number of amides is 1. The first kappa shape index (κ1) is 24.5. The number of piperidine rings is 3. The number of sulfonamides is 1. The summed E-state index contributed by atoms with van der Waals surface area (Å²) >= 11 is 0. The number of hydrogen-bond acceptors (Lipinski definition) is 6. The Morgan fingerprint density at radius 2 is 1.66 bits per heavy atom. The summed E-state index contributed by atoms with van der Waals surface area (Å²) in [5, 5.41) is 0. The van der Waals surface area contributed by atoms with Crippen LogP contribution in [-0.2, 0) is 21.4 Å². The van der Waals surface area contributed by atoms with Crippen LogP contribution in [0.5, 0.6) is 0 Å². The van der Waals surface area contributed by atoms with Crippen molar-refractivity contribution in [2.75, 3.05) is 39.3 Å². The molecular formula is C25H36N4O5S. The lowest BCUT2D eigenvalue weighted by Gasteiger charge is -2.40. The van der Waals surface area contributed by atoms with Crippen LogP contribution < -0.4 is 5.76 Å². The van der Waals surface area contributed by atoms with Gasteiger partial charge in [0.05, 0.1) is 10.4 Å². The third kappa shape index (κ3) is 5.06. The van der Waals surface area contributed by atoms with Crippen LogP contribution in [0.25, 0.3) is 11.1 Å². The van der Waals surface area contributed by atoms with Crippen LogP contribution in [0.15, 0.2) is 32.3 Å². The largest absolute Gasteiger partial charge is 0.420 e. The molecule has 10 heteroatoms. The van der Waals surface area contributed by atoms with Crippen LogP contribution in [0.4, 0.5) is 0 Å². The quantitative estimate of drug-likeness (QED) is 0.621. The van der Waals surface area contributed by atoms with E-state index in [0.717, 1.165) is 38.8 Å². The number of nitrogens with zero attached hydrogens (tertiary/aromatic N) is 4. The minimum absolute atomic E-state index is 0.101. The van der Waals surface area contributed by atoms with Crippen LogP contribution in [-0.4, -0.2) is 78.3 Å². The molecule has 0 N–H and O–H groups in total. The first-order chi connectivity index (χ1) is 16.8.